The van der Waals surface area contributed by atoms with Gasteiger partial charge < -0.3 is 15.0 Å². The van der Waals surface area contributed by atoms with E-state index in [2.05, 4.69) is 10.1 Å². The molecule has 0 aromatic heterocycles. The van der Waals surface area contributed by atoms with Gasteiger partial charge in [-0.25, -0.2) is 0 Å². The molecule has 1 N–H and O–H groups in total. The Labute approximate surface area is 187 Å². The number of ether oxygens (including phenoxy) is 1. The number of anilines is 1. The molecule has 1 aliphatic heterocycles. The molecule has 1 fully saturated rings. The van der Waals surface area contributed by atoms with Crippen LogP contribution in [0.15, 0.2) is 48.5 Å². The van der Waals surface area contributed by atoms with E-state index in [1.165, 1.54) is 6.07 Å². The van der Waals surface area contributed by atoms with Crippen LogP contribution in [0.3, 0.4) is 0 Å². The van der Waals surface area contributed by atoms with Gasteiger partial charge in [0.1, 0.15) is 5.75 Å². The zero-order valence-electron chi connectivity index (χ0n) is 18.7. The average molecular weight is 445 g/mol. The number of carbonyl (C=O) groups is 2. The molecule has 172 valence electrons. The Morgan fingerprint density at radius 3 is 2.53 bits per heavy atom. The second kappa shape index (κ2) is 10.1. The zero-order chi connectivity index (χ0) is 23.3. The monoisotopic (exact) mass is 444 g/mol. The predicted octanol–water partition coefficient (Wildman–Crippen LogP) is 5.10. The van der Waals surface area contributed by atoms with E-state index in [0.29, 0.717) is 37.2 Å². The number of carbonyl (C=O) groups excluding carboxylic acids is 2. The normalized spacial score (nSPS) is 16.7. The molecule has 1 unspecified atom stereocenters. The van der Waals surface area contributed by atoms with Gasteiger partial charge in [0.25, 0.3) is 0 Å². The van der Waals surface area contributed by atoms with Crippen LogP contribution in [0.4, 0.5) is 14.5 Å². The fraction of sp³-hybridized carbons (Fsp3) is 0.440. The van der Waals surface area contributed by atoms with Crippen molar-refractivity contribution in [3.05, 3.63) is 59.7 Å². The molecule has 32 heavy (non-hydrogen) atoms. The van der Waals surface area contributed by atoms with E-state index in [1.807, 2.05) is 51.1 Å². The Morgan fingerprint density at radius 2 is 1.88 bits per heavy atom. The van der Waals surface area contributed by atoms with Crippen molar-refractivity contribution in [1.82, 2.24) is 4.90 Å². The molecule has 0 saturated carbocycles. The van der Waals surface area contributed by atoms with E-state index in [0.717, 1.165) is 12.0 Å². The van der Waals surface area contributed by atoms with Gasteiger partial charge in [0.15, 0.2) is 0 Å². The van der Waals surface area contributed by atoms with Crippen LogP contribution < -0.4 is 10.1 Å². The first-order valence-electron chi connectivity index (χ1n) is 10.9. The van der Waals surface area contributed by atoms with Crippen LogP contribution in [0.5, 0.6) is 5.75 Å². The molecule has 7 heteroatoms. The van der Waals surface area contributed by atoms with Crippen LogP contribution in [0, 0.1) is 11.3 Å². The highest BCUT2D eigenvalue weighted by atomic mass is 19.3. The van der Waals surface area contributed by atoms with Crippen LogP contribution in [-0.2, 0) is 16.0 Å². The van der Waals surface area contributed by atoms with Crippen molar-refractivity contribution >= 4 is 17.5 Å². The summed E-state index contributed by atoms with van der Waals surface area (Å²) in [6.07, 6.45) is 1.85. The van der Waals surface area contributed by atoms with Crippen molar-refractivity contribution in [2.45, 2.75) is 46.6 Å². The summed E-state index contributed by atoms with van der Waals surface area (Å²) in [6.45, 7) is 3.72. The van der Waals surface area contributed by atoms with Crippen LogP contribution in [0.2, 0.25) is 0 Å². The predicted molar refractivity (Wildman–Crippen MR) is 120 cm³/mol. The molecule has 1 aliphatic rings. The number of nitrogens with zero attached hydrogens (tertiary/aromatic N) is 1. The number of halogens is 2. The summed E-state index contributed by atoms with van der Waals surface area (Å²) in [7, 11) is 0. The lowest BCUT2D eigenvalue weighted by molar-refractivity contribution is -0.142. The minimum absolute atomic E-state index is 0.0358. The molecule has 1 atom stereocenters. The summed E-state index contributed by atoms with van der Waals surface area (Å²) in [6, 6.07) is 14.1. The van der Waals surface area contributed by atoms with Crippen molar-refractivity contribution in [2.75, 3.05) is 18.4 Å². The lowest BCUT2D eigenvalue weighted by Crippen LogP contribution is -2.47. The van der Waals surface area contributed by atoms with Gasteiger partial charge in [0.2, 0.25) is 11.8 Å². The minimum Gasteiger partial charge on any atom is -0.435 e. The quantitative estimate of drug-likeness (QED) is 0.674. The Balaban J connectivity index is 1.74. The van der Waals surface area contributed by atoms with E-state index in [1.54, 1.807) is 17.0 Å². The molecule has 1 heterocycles. The van der Waals surface area contributed by atoms with Crippen molar-refractivity contribution in [1.29, 1.82) is 0 Å². The van der Waals surface area contributed by atoms with Crippen LogP contribution in [-0.4, -0.2) is 36.4 Å². The van der Waals surface area contributed by atoms with E-state index in [4.69, 9.17) is 0 Å². The maximum atomic E-state index is 12.9. The van der Waals surface area contributed by atoms with E-state index < -0.39 is 12.0 Å². The van der Waals surface area contributed by atoms with E-state index >= 15 is 0 Å². The number of likely N-dealkylation sites (tertiary alicyclic amines) is 1. The Kier molecular flexibility index (Phi) is 7.48. The van der Waals surface area contributed by atoms with Gasteiger partial charge in [-0.15, -0.1) is 0 Å². The minimum atomic E-state index is -2.93. The smallest absolute Gasteiger partial charge is 0.387 e. The van der Waals surface area contributed by atoms with Gasteiger partial charge >= 0.3 is 6.61 Å². The summed E-state index contributed by atoms with van der Waals surface area (Å²) >= 11 is 0. The summed E-state index contributed by atoms with van der Waals surface area (Å²) in [5.41, 5.74) is 1.52. The SMILES string of the molecule is CC(C)(C)C(=O)N1CCCC(C(=O)Nc2ccc(OC(F)F)c(Cc3ccccc3)c2)C1. The number of alkyl halides is 2. The number of rotatable bonds is 6. The molecular formula is C25H30F2N2O3. The lowest BCUT2D eigenvalue weighted by atomic mass is 9.91. The molecule has 2 aromatic rings. The van der Waals surface area contributed by atoms with Crippen molar-refractivity contribution in [3.8, 4) is 5.75 Å². The van der Waals surface area contributed by atoms with Gasteiger partial charge in [-0.2, -0.15) is 8.78 Å². The number of piperidine rings is 1. The molecule has 0 radical (unpaired) electrons. The standard InChI is InChI=1S/C25H30F2N2O3/c1-25(2,3)23(31)29-13-7-10-18(16-29)22(30)28-20-11-12-21(32-24(26)27)19(15-20)14-17-8-5-4-6-9-17/h4-6,8-9,11-12,15,18,24H,7,10,13-14,16H2,1-3H3,(H,28,30). The third kappa shape index (κ3) is 6.28. The number of nitrogens with one attached hydrogen (secondary N) is 1. The molecule has 2 amide bonds. The summed E-state index contributed by atoms with van der Waals surface area (Å²) in [5, 5.41) is 2.90. The Bertz CT molecular complexity index is 942. The average Bonchev–Trinajstić information content (AvgIpc) is 2.75. The second-order valence-corrected chi connectivity index (χ2v) is 9.19. The molecule has 0 bridgehead atoms. The van der Waals surface area contributed by atoms with Crippen molar-refractivity contribution < 1.29 is 23.1 Å². The molecular weight excluding hydrogens is 414 g/mol. The second-order valence-electron chi connectivity index (χ2n) is 9.19. The van der Waals surface area contributed by atoms with Crippen LogP contribution in [0.25, 0.3) is 0 Å². The van der Waals surface area contributed by atoms with Gasteiger partial charge in [0.05, 0.1) is 5.92 Å². The first-order valence-corrected chi connectivity index (χ1v) is 10.9. The first-order chi connectivity index (χ1) is 15.1. The maximum Gasteiger partial charge on any atom is 0.387 e. The van der Waals surface area contributed by atoms with Crippen LogP contribution >= 0.6 is 0 Å². The molecule has 3 rings (SSSR count). The molecule has 0 spiro atoms. The third-order valence-corrected chi connectivity index (χ3v) is 5.50. The first kappa shape index (κ1) is 23.7. The number of amides is 2. The fourth-order valence-electron chi connectivity index (χ4n) is 3.92. The van der Waals surface area contributed by atoms with Gasteiger partial charge in [-0.1, -0.05) is 51.1 Å². The number of hydrogen-bond donors (Lipinski definition) is 1. The lowest BCUT2D eigenvalue weighted by Gasteiger charge is -2.35. The van der Waals surface area contributed by atoms with Gasteiger partial charge in [-0.3, -0.25) is 9.59 Å². The highest BCUT2D eigenvalue weighted by Crippen LogP contribution is 2.28. The Morgan fingerprint density at radius 1 is 1.16 bits per heavy atom. The zero-order valence-corrected chi connectivity index (χ0v) is 18.7. The van der Waals surface area contributed by atoms with Crippen molar-refractivity contribution in [2.24, 2.45) is 11.3 Å². The molecule has 2 aromatic carbocycles. The third-order valence-electron chi connectivity index (χ3n) is 5.50. The highest BCUT2D eigenvalue weighted by Gasteiger charge is 2.33. The topological polar surface area (TPSA) is 58.6 Å². The largest absolute Gasteiger partial charge is 0.435 e. The summed E-state index contributed by atoms with van der Waals surface area (Å²) < 4.78 is 30.4. The number of hydrogen-bond acceptors (Lipinski definition) is 3. The number of benzene rings is 2. The van der Waals surface area contributed by atoms with Crippen LogP contribution in [0.1, 0.15) is 44.7 Å². The van der Waals surface area contributed by atoms with E-state index in [9.17, 15) is 18.4 Å². The van der Waals surface area contributed by atoms with Gasteiger partial charge in [-0.05, 0) is 36.6 Å². The maximum absolute atomic E-state index is 12.9. The molecule has 1 saturated heterocycles. The van der Waals surface area contributed by atoms with Crippen molar-refractivity contribution in [3.63, 3.8) is 0 Å². The van der Waals surface area contributed by atoms with Gasteiger partial charge in [0, 0.05) is 36.2 Å². The van der Waals surface area contributed by atoms with E-state index in [-0.39, 0.29) is 23.5 Å². The highest BCUT2D eigenvalue weighted by molar-refractivity contribution is 5.93. The summed E-state index contributed by atoms with van der Waals surface area (Å²) in [4.78, 5) is 27.3. The molecule has 5 nitrogen and oxygen atoms in total. The Hall–Kier alpha value is -2.96. The molecule has 0 aliphatic carbocycles. The fourth-order valence-corrected chi connectivity index (χ4v) is 3.92. The summed E-state index contributed by atoms with van der Waals surface area (Å²) in [5.74, 6) is -0.371.